The third-order valence-electron chi connectivity index (χ3n) is 7.30. The number of piperidine rings is 1. The number of fused-ring (bicyclic) bond motifs is 2. The van der Waals surface area contributed by atoms with E-state index in [0.717, 1.165) is 24.6 Å². The lowest BCUT2D eigenvalue weighted by Gasteiger charge is -2.18. The molecule has 0 unspecified atom stereocenters. The molecule has 2 fully saturated rings. The Morgan fingerprint density at radius 1 is 1.21 bits per heavy atom. The zero-order chi connectivity index (χ0) is 26.4. The molecule has 2 aromatic carbocycles. The van der Waals surface area contributed by atoms with Gasteiger partial charge in [-0.3, -0.25) is 4.90 Å². The number of nitrogens with one attached hydrogen (secondary N) is 1. The highest BCUT2D eigenvalue weighted by Crippen LogP contribution is 2.58. The number of pyridine rings is 1. The fraction of sp³-hybridized carbons (Fsp3) is 0.286. The topological polar surface area (TPSA) is 104 Å². The van der Waals surface area contributed by atoms with Crippen molar-refractivity contribution in [3.8, 4) is 11.9 Å². The largest absolute Gasteiger partial charge is 0.473 e. The van der Waals surface area contributed by atoms with Crippen LogP contribution in [0, 0.1) is 29.0 Å². The molecule has 0 spiro atoms. The van der Waals surface area contributed by atoms with Crippen LogP contribution < -0.4 is 4.74 Å². The van der Waals surface area contributed by atoms with E-state index in [1.807, 2.05) is 18.2 Å². The Hall–Kier alpha value is -4.00. The number of aromatic amines is 1. The van der Waals surface area contributed by atoms with Crippen molar-refractivity contribution < 1.29 is 18.7 Å². The lowest BCUT2D eigenvalue weighted by Crippen LogP contribution is -2.24. The number of aromatic nitrogens is 3. The van der Waals surface area contributed by atoms with Crippen molar-refractivity contribution in [2.45, 2.75) is 19.1 Å². The number of H-pyrrole nitrogens is 1. The van der Waals surface area contributed by atoms with E-state index >= 15 is 0 Å². The average Bonchev–Trinajstić information content (AvgIpc) is 3.21. The van der Waals surface area contributed by atoms with Gasteiger partial charge in [0.15, 0.2) is 0 Å². The molecule has 1 saturated carbocycles. The number of esters is 1. The number of nitrogens with zero attached hydrogens (tertiary/aromatic N) is 4. The molecule has 1 saturated heterocycles. The van der Waals surface area contributed by atoms with Crippen molar-refractivity contribution in [2.24, 2.45) is 11.8 Å². The molecule has 8 nitrogen and oxygen atoms in total. The number of imidazole rings is 1. The number of hydrogen-bond donors (Lipinski definition) is 1. The van der Waals surface area contributed by atoms with E-state index in [-0.39, 0.29) is 12.2 Å². The fourth-order valence-electron chi connectivity index (χ4n) is 5.41. The minimum absolute atomic E-state index is 0.0436. The van der Waals surface area contributed by atoms with Crippen molar-refractivity contribution >= 4 is 28.6 Å². The maximum absolute atomic E-state index is 14.2. The Labute approximate surface area is 223 Å². The van der Waals surface area contributed by atoms with Crippen molar-refractivity contribution in [1.29, 1.82) is 5.26 Å². The van der Waals surface area contributed by atoms with E-state index in [1.165, 1.54) is 13.2 Å². The Balaban J connectivity index is 1.07. The van der Waals surface area contributed by atoms with Crippen LogP contribution in [0.1, 0.15) is 38.9 Å². The molecule has 0 bridgehead atoms. The smallest absolute Gasteiger partial charge is 0.337 e. The summed E-state index contributed by atoms with van der Waals surface area (Å²) in [5.41, 5.74) is 3.37. The summed E-state index contributed by atoms with van der Waals surface area (Å²) in [6, 6.07) is 15.2. The van der Waals surface area contributed by atoms with Crippen LogP contribution in [0.5, 0.6) is 5.88 Å². The van der Waals surface area contributed by atoms with E-state index in [0.29, 0.717) is 57.4 Å². The van der Waals surface area contributed by atoms with Gasteiger partial charge in [0.2, 0.25) is 5.88 Å². The van der Waals surface area contributed by atoms with Crippen LogP contribution >= 0.6 is 11.6 Å². The summed E-state index contributed by atoms with van der Waals surface area (Å²) in [5, 5.41) is 9.30. The summed E-state index contributed by atoms with van der Waals surface area (Å²) >= 11 is 6.35. The minimum Gasteiger partial charge on any atom is -0.473 e. The molecule has 3 heterocycles. The molecule has 1 aliphatic heterocycles. The molecule has 2 aliphatic rings. The second kappa shape index (κ2) is 9.71. The van der Waals surface area contributed by atoms with Crippen LogP contribution in [0.4, 0.5) is 4.39 Å². The number of nitriles is 1. The van der Waals surface area contributed by atoms with Gasteiger partial charge in [-0.1, -0.05) is 23.7 Å². The Kier molecular flexibility index (Phi) is 6.22. The summed E-state index contributed by atoms with van der Waals surface area (Å²) in [6.45, 7) is 2.56. The van der Waals surface area contributed by atoms with Crippen molar-refractivity contribution in [3.63, 3.8) is 0 Å². The SMILES string of the molecule is COC(=O)c1cc(Cl)c2nc(CN3C[C@@H]4[C@H](C3)[C@@H]4c3cccc(OCc4ccc(C#N)cc4F)n3)[nH]c2c1. The van der Waals surface area contributed by atoms with Gasteiger partial charge in [0.25, 0.3) is 0 Å². The van der Waals surface area contributed by atoms with Crippen LogP contribution in [-0.2, 0) is 17.9 Å². The monoisotopic (exact) mass is 531 g/mol. The Morgan fingerprint density at radius 3 is 2.76 bits per heavy atom. The zero-order valence-electron chi connectivity index (χ0n) is 20.4. The molecule has 0 amide bonds. The molecule has 1 N–H and O–H groups in total. The van der Waals surface area contributed by atoms with Crippen LogP contribution in [0.15, 0.2) is 48.5 Å². The third kappa shape index (κ3) is 4.57. The van der Waals surface area contributed by atoms with Gasteiger partial charge < -0.3 is 14.5 Å². The van der Waals surface area contributed by atoms with Crippen molar-refractivity contribution in [2.75, 3.05) is 20.2 Å². The van der Waals surface area contributed by atoms with Gasteiger partial charge in [-0.15, -0.1) is 0 Å². The molecule has 2 aromatic heterocycles. The number of carbonyl (C=O) groups excluding carboxylic acids is 1. The highest BCUT2D eigenvalue weighted by atomic mass is 35.5. The number of likely N-dealkylation sites (tertiary alicyclic amines) is 1. The molecule has 38 heavy (non-hydrogen) atoms. The summed E-state index contributed by atoms with van der Waals surface area (Å²) in [5.74, 6) is 1.73. The Bertz CT molecular complexity index is 1590. The summed E-state index contributed by atoms with van der Waals surface area (Å²) in [4.78, 5) is 26.8. The van der Waals surface area contributed by atoms with E-state index in [1.54, 1.807) is 30.3 Å². The molecule has 0 radical (unpaired) electrons. The first-order valence-electron chi connectivity index (χ1n) is 12.2. The quantitative estimate of drug-likeness (QED) is 0.340. The van der Waals surface area contributed by atoms with Gasteiger partial charge in [0.05, 0.1) is 41.4 Å². The predicted molar refractivity (Wildman–Crippen MR) is 137 cm³/mol. The number of methoxy groups -OCH3 is 1. The minimum atomic E-state index is -0.465. The third-order valence-corrected chi connectivity index (χ3v) is 7.59. The van der Waals surface area contributed by atoms with E-state index < -0.39 is 11.8 Å². The summed E-state index contributed by atoms with van der Waals surface area (Å²) < 4.78 is 24.7. The summed E-state index contributed by atoms with van der Waals surface area (Å²) in [7, 11) is 1.34. The van der Waals surface area contributed by atoms with E-state index in [2.05, 4.69) is 19.9 Å². The number of halogens is 2. The number of hydrogen-bond acceptors (Lipinski definition) is 7. The molecule has 10 heteroatoms. The predicted octanol–water partition coefficient (Wildman–Crippen LogP) is 4.83. The molecular weight excluding hydrogens is 509 g/mol. The van der Waals surface area contributed by atoms with Gasteiger partial charge in [-0.05, 0) is 42.2 Å². The zero-order valence-corrected chi connectivity index (χ0v) is 21.2. The fourth-order valence-corrected chi connectivity index (χ4v) is 5.67. The number of ether oxygens (including phenoxy) is 2. The number of carbonyl (C=O) groups is 1. The van der Waals surface area contributed by atoms with Crippen LogP contribution in [0.25, 0.3) is 11.0 Å². The van der Waals surface area contributed by atoms with E-state index in [4.69, 9.17) is 26.3 Å². The Morgan fingerprint density at radius 2 is 2.03 bits per heavy atom. The van der Waals surface area contributed by atoms with Gasteiger partial charge >= 0.3 is 5.97 Å². The second-order valence-corrected chi connectivity index (χ2v) is 10.1. The maximum Gasteiger partial charge on any atom is 0.337 e. The maximum atomic E-state index is 14.2. The van der Waals surface area contributed by atoms with Gasteiger partial charge in [-0.25, -0.2) is 19.2 Å². The van der Waals surface area contributed by atoms with Crippen molar-refractivity contribution in [1.82, 2.24) is 19.9 Å². The molecule has 1 aliphatic carbocycles. The normalized spacial score (nSPS) is 20.2. The molecule has 3 atom stereocenters. The first-order valence-corrected chi connectivity index (χ1v) is 12.6. The molecule has 192 valence electrons. The summed E-state index contributed by atoms with van der Waals surface area (Å²) in [6.07, 6.45) is 0. The average molecular weight is 532 g/mol. The molecular formula is C28H23ClFN5O3. The van der Waals surface area contributed by atoms with Gasteiger partial charge in [0, 0.05) is 36.3 Å². The number of rotatable bonds is 7. The second-order valence-electron chi connectivity index (χ2n) is 9.68. The molecule has 6 rings (SSSR count). The van der Waals surface area contributed by atoms with Gasteiger partial charge in [-0.2, -0.15) is 5.26 Å². The highest BCUT2D eigenvalue weighted by Gasteiger charge is 2.56. The first kappa shape index (κ1) is 24.3. The van der Waals surface area contributed by atoms with Crippen molar-refractivity contribution in [3.05, 3.63) is 87.6 Å². The highest BCUT2D eigenvalue weighted by molar-refractivity contribution is 6.35. The molecule has 4 aromatic rings. The lowest BCUT2D eigenvalue weighted by atomic mass is 10.1. The van der Waals surface area contributed by atoms with Crippen LogP contribution in [0.3, 0.4) is 0 Å². The van der Waals surface area contributed by atoms with E-state index in [9.17, 15) is 9.18 Å². The van der Waals surface area contributed by atoms with Gasteiger partial charge in [0.1, 0.15) is 23.8 Å². The van der Waals surface area contributed by atoms with Crippen LogP contribution in [-0.4, -0.2) is 46.0 Å². The first-order chi connectivity index (χ1) is 18.4. The standard InChI is InChI=1S/C28H23ClFN5O3/c1-37-28(36)17-8-20(29)27-23(9-17)32-24(34-27)13-35-11-18-19(12-35)26(18)22-3-2-4-25(33-22)38-14-16-6-5-15(10-31)7-21(16)30/h2-9,18-19,26H,11-14H2,1H3,(H,32,34)/t18-,19+,26-. The lowest BCUT2D eigenvalue weighted by molar-refractivity contribution is 0.0601. The number of benzene rings is 2. The van der Waals surface area contributed by atoms with Crippen LogP contribution in [0.2, 0.25) is 5.02 Å².